The van der Waals surface area contributed by atoms with E-state index in [0.29, 0.717) is 43.9 Å². The van der Waals surface area contributed by atoms with Crippen LogP contribution in [0.25, 0.3) is 33.3 Å². The van der Waals surface area contributed by atoms with Gasteiger partial charge in [-0.15, -0.1) is 0 Å². The molecule has 0 spiro atoms. The number of carbonyl (C=O) groups excluding carboxylic acids is 5. The highest BCUT2D eigenvalue weighted by atomic mass is 16.5. The van der Waals surface area contributed by atoms with E-state index < -0.39 is 41.3 Å². The summed E-state index contributed by atoms with van der Waals surface area (Å²) in [5, 5.41) is 17.0. The number of hydrazine groups is 1. The number of aromatic nitrogens is 2. The highest BCUT2D eigenvalue weighted by Crippen LogP contribution is 2.48. The highest BCUT2D eigenvalue weighted by Gasteiger charge is 2.59. The van der Waals surface area contributed by atoms with E-state index in [0.717, 1.165) is 96.0 Å². The first-order valence-electron chi connectivity index (χ1n) is 27.2. The number of likely N-dealkylation sites (N-methyl/N-ethyl adjacent to an activating group) is 2. The van der Waals surface area contributed by atoms with Crippen molar-refractivity contribution in [2.45, 2.75) is 148 Å². The molecule has 0 radical (unpaired) electrons. The number of methoxy groups -OCH3 is 1. The van der Waals surface area contributed by atoms with E-state index >= 15 is 4.79 Å². The van der Waals surface area contributed by atoms with Crippen LogP contribution < -0.4 is 10.7 Å². The number of ether oxygens (including phenoxy) is 2. The number of hydrogen-bond acceptors (Lipinski definition) is 11. The van der Waals surface area contributed by atoms with Crippen molar-refractivity contribution in [2.24, 2.45) is 17.3 Å². The van der Waals surface area contributed by atoms with E-state index in [9.17, 15) is 24.3 Å². The number of nitrogens with one attached hydrogen (secondary N) is 2. The number of carbonyl (C=O) groups is 5. The van der Waals surface area contributed by atoms with Gasteiger partial charge in [-0.05, 0) is 135 Å². The van der Waals surface area contributed by atoms with Crippen LogP contribution in [-0.2, 0) is 52.8 Å². The SMILES string of the molecule is CCn1c(-c2cccnc2C(C)C)c2c3cc(ccc31)-c1cc(O)cc(c1)C[C@H](NC(=O)[C@H](C1CCCC1)N(C)C(=O)CN(C)C(=O)[C@H]1[C@@H](C3CC3)N1CCCOC)C(=O)N1CCC[C@H](N1)C(=O)OCC(C)(C)C2. The lowest BCUT2D eigenvalue weighted by Gasteiger charge is -2.37. The molecule has 398 valence electrons. The molecule has 74 heavy (non-hydrogen) atoms. The first-order valence-corrected chi connectivity index (χ1v) is 27.2. The summed E-state index contributed by atoms with van der Waals surface area (Å²) in [5.41, 5.74) is 10.2. The number of rotatable bonds is 15. The number of hydrogen-bond donors (Lipinski definition) is 3. The maximum absolute atomic E-state index is 15.0. The Labute approximate surface area is 436 Å². The Morgan fingerprint density at radius 1 is 1.00 bits per heavy atom. The Kier molecular flexibility index (Phi) is 15.9. The van der Waals surface area contributed by atoms with Crippen LogP contribution in [-0.4, -0.2) is 148 Å². The summed E-state index contributed by atoms with van der Waals surface area (Å²) in [5.74, 6) is -1.33. The zero-order valence-electron chi connectivity index (χ0n) is 44.8. The van der Waals surface area contributed by atoms with Gasteiger partial charge in [-0.1, -0.05) is 52.7 Å². The van der Waals surface area contributed by atoms with Crippen LogP contribution in [0, 0.1) is 17.3 Å². The van der Waals surface area contributed by atoms with Gasteiger partial charge >= 0.3 is 5.97 Å². The second-order valence-electron chi connectivity index (χ2n) is 22.9. The number of fused-ring (bicyclic) bond motifs is 6. The lowest BCUT2D eigenvalue weighted by atomic mass is 9.83. The van der Waals surface area contributed by atoms with Gasteiger partial charge in [0.15, 0.2) is 0 Å². The Morgan fingerprint density at radius 3 is 2.49 bits per heavy atom. The molecule has 16 nitrogen and oxygen atoms in total. The molecule has 4 aromatic rings. The number of aromatic hydroxyl groups is 1. The molecule has 3 N–H and O–H groups in total. The number of pyridine rings is 1. The molecule has 6 atom stereocenters. The van der Waals surface area contributed by atoms with Crippen LogP contribution in [0.1, 0.15) is 115 Å². The second kappa shape index (κ2) is 22.2. The third-order valence-electron chi connectivity index (χ3n) is 16.3. The highest BCUT2D eigenvalue weighted by molar-refractivity contribution is 5.96. The molecule has 5 heterocycles. The van der Waals surface area contributed by atoms with Gasteiger partial charge in [0.2, 0.25) is 17.7 Å². The summed E-state index contributed by atoms with van der Waals surface area (Å²) in [4.78, 5) is 82.4. The predicted molar refractivity (Wildman–Crippen MR) is 284 cm³/mol. The standard InChI is InChI=1S/C58H78N8O8/c1-9-64-47-22-21-39-31-43(47)44(52(64)42-17-12-23-59-49(42)35(2)3)32-58(4,5)34-74-57(72)45-18-13-25-66(61-45)55(70)46(29-36-27-40(39)30-41(67)28-36)60-54(69)51(37-15-10-11-16-37)63(7)48(68)33-62(6)56(71)53-50(38-19-20-38)65(53)24-14-26-73-8/h12,17,21-23,27-28,30-31,35,37-38,45-46,50-51,53,61,67H,9-11,13-16,18-20,24-26,29,32-34H2,1-8H3,(H,60,69)/t45-,46-,50+,51-,53+,65?/m0/s1. The number of cyclic esters (lactones) is 1. The van der Waals surface area contributed by atoms with Crippen molar-refractivity contribution in [3.8, 4) is 28.1 Å². The molecule has 2 aromatic heterocycles. The zero-order chi connectivity index (χ0) is 52.6. The van der Waals surface area contributed by atoms with Crippen molar-refractivity contribution >= 4 is 40.5 Å². The molecule has 9 rings (SSSR count). The first-order chi connectivity index (χ1) is 35.5. The van der Waals surface area contributed by atoms with Crippen LogP contribution in [0.5, 0.6) is 5.75 Å². The summed E-state index contributed by atoms with van der Waals surface area (Å²) in [6.07, 6.45) is 9.69. The minimum Gasteiger partial charge on any atom is -0.508 e. The molecule has 4 amide bonds. The Hall–Kier alpha value is -5.84. The number of aryl methyl sites for hydroxylation is 1. The van der Waals surface area contributed by atoms with E-state index in [2.05, 4.69) is 79.1 Å². The van der Waals surface area contributed by atoms with Crippen LogP contribution in [0.2, 0.25) is 0 Å². The van der Waals surface area contributed by atoms with Crippen molar-refractivity contribution in [1.82, 2.24) is 40.0 Å². The largest absolute Gasteiger partial charge is 0.508 e. The third kappa shape index (κ3) is 11.2. The predicted octanol–water partition coefficient (Wildman–Crippen LogP) is 6.84. The van der Waals surface area contributed by atoms with Gasteiger partial charge in [0.05, 0.1) is 24.5 Å². The molecule has 2 saturated heterocycles. The van der Waals surface area contributed by atoms with Gasteiger partial charge in [0.1, 0.15) is 29.9 Å². The summed E-state index contributed by atoms with van der Waals surface area (Å²) < 4.78 is 13.8. The van der Waals surface area contributed by atoms with Crippen LogP contribution in [0.3, 0.4) is 0 Å². The van der Waals surface area contributed by atoms with Crippen molar-refractivity contribution < 1.29 is 38.6 Å². The van der Waals surface area contributed by atoms with E-state index in [-0.39, 0.29) is 67.6 Å². The van der Waals surface area contributed by atoms with Crippen molar-refractivity contribution in [1.29, 1.82) is 0 Å². The van der Waals surface area contributed by atoms with Gasteiger partial charge in [0, 0.05) is 88.0 Å². The summed E-state index contributed by atoms with van der Waals surface area (Å²) in [6.45, 7) is 13.0. The third-order valence-corrected chi connectivity index (χ3v) is 16.3. The minimum absolute atomic E-state index is 0.00696. The van der Waals surface area contributed by atoms with E-state index in [1.54, 1.807) is 33.3 Å². The molecule has 2 aliphatic carbocycles. The van der Waals surface area contributed by atoms with Crippen LogP contribution in [0.15, 0.2) is 54.7 Å². The van der Waals surface area contributed by atoms with E-state index in [1.807, 2.05) is 18.3 Å². The number of phenols is 1. The Morgan fingerprint density at radius 2 is 1.77 bits per heavy atom. The maximum atomic E-state index is 15.0. The van der Waals surface area contributed by atoms with Gasteiger partial charge in [-0.3, -0.25) is 38.9 Å². The number of phenolic OH excluding ortho intramolecular Hbond substituents is 1. The Bertz CT molecular complexity index is 2740. The zero-order valence-corrected chi connectivity index (χ0v) is 44.8. The molecule has 3 aliphatic heterocycles. The average Bonchev–Trinajstić information content (AvgIpc) is 4.27. The summed E-state index contributed by atoms with van der Waals surface area (Å²) in [6, 6.07) is 12.8. The number of nitrogens with zero attached hydrogens (tertiary/aromatic N) is 6. The monoisotopic (exact) mass is 1010 g/mol. The fourth-order valence-electron chi connectivity index (χ4n) is 12.3. The fraction of sp³-hybridized carbons (Fsp3) is 0.586. The number of esters is 1. The number of benzene rings is 2. The van der Waals surface area contributed by atoms with Crippen molar-refractivity contribution in [3.63, 3.8) is 0 Å². The topological polar surface area (TPSA) is 179 Å². The van der Waals surface area contributed by atoms with Gasteiger partial charge in [-0.2, -0.15) is 0 Å². The average molecular weight is 1020 g/mol. The molecule has 2 aromatic carbocycles. The first kappa shape index (κ1) is 53.0. The smallest absolute Gasteiger partial charge is 0.324 e. The van der Waals surface area contributed by atoms with Gasteiger partial charge in [0.25, 0.3) is 5.91 Å². The number of amides is 4. The minimum atomic E-state index is -1.16. The maximum Gasteiger partial charge on any atom is 0.324 e. The molecule has 16 heteroatoms. The molecular formula is C58H78N8O8. The summed E-state index contributed by atoms with van der Waals surface area (Å²) in [7, 11) is 4.96. The van der Waals surface area contributed by atoms with Gasteiger partial charge in [-0.25, -0.2) is 5.43 Å². The lowest BCUT2D eigenvalue weighted by molar-refractivity contribution is -0.155. The van der Waals surface area contributed by atoms with Crippen molar-refractivity contribution in [2.75, 3.05) is 54.1 Å². The van der Waals surface area contributed by atoms with Crippen molar-refractivity contribution in [3.05, 3.63) is 71.5 Å². The molecule has 4 fully saturated rings. The molecule has 1 unspecified atom stereocenters. The molecule has 6 bridgehead atoms. The van der Waals surface area contributed by atoms with E-state index in [1.165, 1.54) is 14.8 Å². The van der Waals surface area contributed by atoms with Gasteiger partial charge < -0.3 is 34.3 Å². The molecule has 2 saturated carbocycles. The van der Waals surface area contributed by atoms with Crippen LogP contribution in [0.4, 0.5) is 0 Å². The normalized spacial score (nSPS) is 23.6. The molecular weight excluding hydrogens is 937 g/mol. The second-order valence-corrected chi connectivity index (χ2v) is 22.9. The lowest BCUT2D eigenvalue weighted by Crippen LogP contribution is -2.62. The summed E-state index contributed by atoms with van der Waals surface area (Å²) >= 11 is 0. The van der Waals surface area contributed by atoms with E-state index in [4.69, 9.17) is 14.5 Å². The van der Waals surface area contributed by atoms with Crippen LogP contribution >= 0.6 is 0 Å². The Balaban J connectivity index is 1.04. The fourth-order valence-corrected chi connectivity index (χ4v) is 12.3. The quantitative estimate of drug-likeness (QED) is 0.0645. The molecule has 5 aliphatic rings.